The molecule has 0 saturated heterocycles. The molecule has 0 radical (unpaired) electrons. The highest BCUT2D eigenvalue weighted by molar-refractivity contribution is 5.96. The molecule has 1 rings (SSSR count). The molecule has 0 heterocycles. The van der Waals surface area contributed by atoms with Gasteiger partial charge in [0.15, 0.2) is 5.78 Å². The Morgan fingerprint density at radius 2 is 2.00 bits per heavy atom. The van der Waals surface area contributed by atoms with Gasteiger partial charge in [-0.2, -0.15) is 0 Å². The molecule has 1 aromatic rings. The van der Waals surface area contributed by atoms with E-state index in [1.54, 1.807) is 26.0 Å². The third-order valence-corrected chi connectivity index (χ3v) is 4.23. The average molecular weight is 383 g/mol. The third kappa shape index (κ3) is 7.78. The molecule has 0 saturated carbocycles. The lowest BCUT2D eigenvalue weighted by atomic mass is 10.0. The minimum Gasteiger partial charge on any atom is -0.405 e. The van der Waals surface area contributed by atoms with Crippen molar-refractivity contribution in [2.45, 2.75) is 40.0 Å². The van der Waals surface area contributed by atoms with Crippen molar-refractivity contribution in [2.75, 3.05) is 7.05 Å². The fraction of sp³-hybridized carbons (Fsp3) is 0.292. The Kier molecular flexibility index (Phi) is 10.3. The summed E-state index contributed by atoms with van der Waals surface area (Å²) < 4.78 is 13.6. The van der Waals surface area contributed by atoms with Crippen molar-refractivity contribution in [1.82, 2.24) is 5.32 Å². The summed E-state index contributed by atoms with van der Waals surface area (Å²) in [6.07, 6.45) is 15.2. The highest BCUT2D eigenvalue weighted by Crippen LogP contribution is 2.14. The maximum Gasteiger partial charge on any atom is 0.161 e. The summed E-state index contributed by atoms with van der Waals surface area (Å²) in [6, 6.07) is 5.17. The van der Waals surface area contributed by atoms with Crippen LogP contribution in [0.4, 0.5) is 4.39 Å². The lowest BCUT2D eigenvalue weighted by Gasteiger charge is -2.09. The second kappa shape index (κ2) is 12.5. The maximum absolute atomic E-state index is 13.6. The van der Waals surface area contributed by atoms with Gasteiger partial charge in [0.05, 0.1) is 0 Å². The van der Waals surface area contributed by atoms with E-state index in [0.717, 1.165) is 29.7 Å². The van der Waals surface area contributed by atoms with Gasteiger partial charge in [0.25, 0.3) is 0 Å². The molecule has 4 heteroatoms. The summed E-state index contributed by atoms with van der Waals surface area (Å²) in [7, 11) is 1.83. The Morgan fingerprint density at radius 3 is 2.57 bits per heavy atom. The number of hydrogen-bond donors (Lipinski definition) is 2. The number of aryl methyl sites for hydroxylation is 1. The molecular formula is C24H31FN2O. The lowest BCUT2D eigenvalue weighted by Crippen LogP contribution is -2.12. The molecule has 0 fully saturated rings. The number of nitrogens with one attached hydrogen (secondary N) is 1. The van der Waals surface area contributed by atoms with Crippen molar-refractivity contribution in [3.8, 4) is 0 Å². The van der Waals surface area contributed by atoms with E-state index >= 15 is 0 Å². The Hall–Kier alpha value is -2.88. The van der Waals surface area contributed by atoms with Crippen LogP contribution in [0.5, 0.6) is 0 Å². The number of nitrogens with two attached hydrogens (primary N) is 1. The summed E-state index contributed by atoms with van der Waals surface area (Å²) >= 11 is 0. The number of allylic oxidation sites excluding steroid dienone is 8. The standard InChI is InChI=1S/C24H31FN2O/c1-5-8-24(27-4)22(19(3)28)14-13-20(15-16-26)9-6-7-10-21-12-11-18(2)23(25)17-21/h7,9-17,27H,5-6,8,26H2,1-4H3/b10-7-,14-13+,16-15-,20-9-,24-22+. The van der Waals surface area contributed by atoms with Crippen LogP contribution in [0.3, 0.4) is 0 Å². The van der Waals surface area contributed by atoms with Crippen LogP contribution in [0, 0.1) is 12.7 Å². The second-order valence-corrected chi connectivity index (χ2v) is 6.49. The molecular weight excluding hydrogens is 351 g/mol. The Bertz CT molecular complexity index is 814. The minimum atomic E-state index is -0.205. The highest BCUT2D eigenvalue weighted by Gasteiger charge is 2.07. The quantitative estimate of drug-likeness (QED) is 0.423. The van der Waals surface area contributed by atoms with Crippen molar-refractivity contribution >= 4 is 11.9 Å². The predicted molar refractivity (Wildman–Crippen MR) is 117 cm³/mol. The largest absolute Gasteiger partial charge is 0.405 e. The molecule has 0 amide bonds. The molecule has 0 spiro atoms. The first-order valence-corrected chi connectivity index (χ1v) is 9.54. The van der Waals surface area contributed by atoms with E-state index < -0.39 is 0 Å². The van der Waals surface area contributed by atoms with Crippen LogP contribution in [-0.2, 0) is 4.79 Å². The van der Waals surface area contributed by atoms with Crippen molar-refractivity contribution < 1.29 is 9.18 Å². The van der Waals surface area contributed by atoms with Gasteiger partial charge in [0.1, 0.15) is 5.82 Å². The number of Topliss-reactive ketones (excluding diaryl/α,β-unsaturated/α-hetero) is 1. The third-order valence-electron chi connectivity index (χ3n) is 4.23. The number of halogens is 1. The van der Waals surface area contributed by atoms with Crippen LogP contribution in [0.25, 0.3) is 6.08 Å². The van der Waals surface area contributed by atoms with Gasteiger partial charge in [-0.25, -0.2) is 4.39 Å². The molecule has 0 aliphatic carbocycles. The summed E-state index contributed by atoms with van der Waals surface area (Å²) in [6.45, 7) is 5.39. The van der Waals surface area contributed by atoms with Crippen molar-refractivity contribution in [3.05, 3.63) is 88.6 Å². The van der Waals surface area contributed by atoms with E-state index in [1.165, 1.54) is 12.3 Å². The summed E-state index contributed by atoms with van der Waals surface area (Å²) in [5.74, 6) is -0.185. The summed E-state index contributed by atoms with van der Waals surface area (Å²) in [5, 5.41) is 3.12. The van der Waals surface area contributed by atoms with Crippen molar-refractivity contribution in [3.63, 3.8) is 0 Å². The van der Waals surface area contributed by atoms with Gasteiger partial charge in [-0.05, 0) is 67.8 Å². The van der Waals surface area contributed by atoms with Gasteiger partial charge in [-0.15, -0.1) is 0 Å². The first kappa shape index (κ1) is 23.2. The molecule has 0 atom stereocenters. The van der Waals surface area contributed by atoms with Crippen molar-refractivity contribution in [2.24, 2.45) is 5.73 Å². The predicted octanol–water partition coefficient (Wildman–Crippen LogP) is 5.36. The monoisotopic (exact) mass is 382 g/mol. The first-order chi connectivity index (χ1) is 13.4. The van der Waals surface area contributed by atoms with Gasteiger partial charge in [0.2, 0.25) is 0 Å². The van der Waals surface area contributed by atoms with Crippen LogP contribution in [0.15, 0.2) is 71.6 Å². The zero-order chi connectivity index (χ0) is 20.9. The summed E-state index contributed by atoms with van der Waals surface area (Å²) in [5.41, 5.74) is 9.51. The van der Waals surface area contributed by atoms with E-state index in [0.29, 0.717) is 17.6 Å². The Labute approximate surface area is 168 Å². The SMILES string of the molecule is CCC/C(NC)=C(/C=C/C(/C=C\N)=C/C/C=C\c1ccc(C)c(F)c1)C(C)=O. The number of ketones is 1. The van der Waals surface area contributed by atoms with E-state index in [-0.39, 0.29) is 11.6 Å². The van der Waals surface area contributed by atoms with Gasteiger partial charge >= 0.3 is 0 Å². The first-order valence-electron chi connectivity index (χ1n) is 9.54. The van der Waals surface area contributed by atoms with Crippen LogP contribution >= 0.6 is 0 Å². The fourth-order valence-corrected chi connectivity index (χ4v) is 2.68. The Morgan fingerprint density at radius 1 is 1.25 bits per heavy atom. The topological polar surface area (TPSA) is 55.1 Å². The highest BCUT2D eigenvalue weighted by atomic mass is 19.1. The van der Waals surface area contributed by atoms with E-state index in [4.69, 9.17) is 5.73 Å². The number of carbonyl (C=O) groups is 1. The van der Waals surface area contributed by atoms with Crippen LogP contribution < -0.4 is 11.1 Å². The lowest BCUT2D eigenvalue weighted by molar-refractivity contribution is -0.113. The molecule has 3 nitrogen and oxygen atoms in total. The fourth-order valence-electron chi connectivity index (χ4n) is 2.68. The second-order valence-electron chi connectivity index (χ2n) is 6.49. The summed E-state index contributed by atoms with van der Waals surface area (Å²) in [4.78, 5) is 12.0. The molecule has 0 unspecified atom stereocenters. The zero-order valence-corrected chi connectivity index (χ0v) is 17.3. The maximum atomic E-state index is 13.6. The molecule has 0 bridgehead atoms. The van der Waals surface area contributed by atoms with Crippen LogP contribution in [0.2, 0.25) is 0 Å². The van der Waals surface area contributed by atoms with Crippen LogP contribution in [0.1, 0.15) is 44.2 Å². The van der Waals surface area contributed by atoms with E-state index in [2.05, 4.69) is 12.2 Å². The molecule has 3 N–H and O–H groups in total. The Balaban J connectivity index is 2.96. The van der Waals surface area contributed by atoms with Gasteiger partial charge in [-0.1, -0.05) is 49.8 Å². The van der Waals surface area contributed by atoms with Gasteiger partial charge in [-0.3, -0.25) is 4.79 Å². The number of carbonyl (C=O) groups excluding carboxylic acids is 1. The normalized spacial score (nSPS) is 13.5. The van der Waals surface area contributed by atoms with E-state index in [1.807, 2.05) is 43.5 Å². The van der Waals surface area contributed by atoms with Gasteiger partial charge < -0.3 is 11.1 Å². The zero-order valence-electron chi connectivity index (χ0n) is 17.3. The average Bonchev–Trinajstić information content (AvgIpc) is 2.66. The number of rotatable bonds is 10. The molecule has 28 heavy (non-hydrogen) atoms. The smallest absolute Gasteiger partial charge is 0.161 e. The molecule has 150 valence electrons. The van der Waals surface area contributed by atoms with Crippen molar-refractivity contribution in [1.29, 1.82) is 0 Å². The van der Waals surface area contributed by atoms with Crippen LogP contribution in [-0.4, -0.2) is 12.8 Å². The molecule has 0 aliphatic rings. The number of benzene rings is 1. The van der Waals surface area contributed by atoms with E-state index in [9.17, 15) is 9.18 Å². The minimum absolute atomic E-state index is 0.0198. The molecule has 0 aromatic heterocycles. The molecule has 0 aliphatic heterocycles. The number of hydrogen-bond acceptors (Lipinski definition) is 3. The molecule has 1 aromatic carbocycles. The van der Waals surface area contributed by atoms with Gasteiger partial charge in [0, 0.05) is 18.3 Å².